The van der Waals surface area contributed by atoms with Crippen molar-refractivity contribution in [3.8, 4) is 5.75 Å². The fourth-order valence-electron chi connectivity index (χ4n) is 3.24. The monoisotopic (exact) mass is 392 g/mol. The maximum absolute atomic E-state index is 11.9. The molecular formula is C18H24N4O6. The van der Waals surface area contributed by atoms with Crippen LogP contribution in [0.5, 0.6) is 5.75 Å². The van der Waals surface area contributed by atoms with Crippen molar-refractivity contribution in [1.82, 2.24) is 5.32 Å². The van der Waals surface area contributed by atoms with Gasteiger partial charge >= 0.3 is 6.09 Å². The highest BCUT2D eigenvalue weighted by Gasteiger charge is 2.30. The molecule has 0 aromatic heterocycles. The number of hydrogen-bond acceptors (Lipinski definition) is 7. The van der Waals surface area contributed by atoms with Gasteiger partial charge in [0.25, 0.3) is 11.6 Å². The normalized spacial score (nSPS) is 17.2. The van der Waals surface area contributed by atoms with Crippen LogP contribution in [0.3, 0.4) is 0 Å². The first kappa shape index (κ1) is 19.7. The van der Waals surface area contributed by atoms with Gasteiger partial charge in [0.1, 0.15) is 11.3 Å². The average Bonchev–Trinajstić information content (AvgIpc) is 2.59. The number of nitro benzene ring substituents is 1. The summed E-state index contributed by atoms with van der Waals surface area (Å²) in [5, 5.41) is 17.0. The third kappa shape index (κ3) is 4.62. The highest BCUT2D eigenvalue weighted by molar-refractivity contribution is 5.97. The number of rotatable bonds is 3. The molecule has 2 N–H and O–H groups in total. The van der Waals surface area contributed by atoms with Crippen molar-refractivity contribution in [3.63, 3.8) is 0 Å². The number of fused-ring (bicyclic) bond motifs is 1. The van der Waals surface area contributed by atoms with Crippen molar-refractivity contribution in [2.75, 3.05) is 29.9 Å². The number of nitro groups is 1. The lowest BCUT2D eigenvalue weighted by Gasteiger charge is -2.34. The van der Waals surface area contributed by atoms with Crippen LogP contribution in [-0.4, -0.2) is 48.3 Å². The number of alkyl carbamates (subject to hydrolysis) is 1. The van der Waals surface area contributed by atoms with Crippen LogP contribution in [0, 0.1) is 10.1 Å². The predicted octanol–water partition coefficient (Wildman–Crippen LogP) is 2.42. The first-order valence-electron chi connectivity index (χ1n) is 9.12. The molecule has 1 saturated heterocycles. The maximum atomic E-state index is 11.9. The summed E-state index contributed by atoms with van der Waals surface area (Å²) in [7, 11) is 0. The average molecular weight is 392 g/mol. The molecule has 2 aliphatic heterocycles. The lowest BCUT2D eigenvalue weighted by atomic mass is 10.0. The van der Waals surface area contributed by atoms with Crippen LogP contribution in [0.15, 0.2) is 12.1 Å². The Balaban J connectivity index is 1.70. The first-order valence-corrected chi connectivity index (χ1v) is 9.12. The number of nitrogens with zero attached hydrogens (tertiary/aromatic N) is 2. The van der Waals surface area contributed by atoms with Gasteiger partial charge in [0, 0.05) is 19.1 Å². The Kier molecular flexibility index (Phi) is 5.30. The van der Waals surface area contributed by atoms with Crippen LogP contribution in [0.2, 0.25) is 0 Å². The zero-order chi connectivity index (χ0) is 20.5. The second kappa shape index (κ2) is 7.53. The summed E-state index contributed by atoms with van der Waals surface area (Å²) in [6.45, 7) is 6.28. The second-order valence-electron chi connectivity index (χ2n) is 7.84. The molecule has 2 heterocycles. The highest BCUT2D eigenvalue weighted by atomic mass is 16.6. The summed E-state index contributed by atoms with van der Waals surface area (Å²) in [5.41, 5.74) is 0.200. The van der Waals surface area contributed by atoms with E-state index in [1.807, 2.05) is 4.90 Å². The minimum Gasteiger partial charge on any atom is -0.481 e. The van der Waals surface area contributed by atoms with Crippen molar-refractivity contribution in [2.45, 2.75) is 45.3 Å². The van der Waals surface area contributed by atoms with E-state index >= 15 is 0 Å². The fourth-order valence-corrected chi connectivity index (χ4v) is 3.24. The van der Waals surface area contributed by atoms with E-state index in [1.54, 1.807) is 26.8 Å². The molecule has 0 radical (unpaired) electrons. The van der Waals surface area contributed by atoms with E-state index in [4.69, 9.17) is 9.47 Å². The van der Waals surface area contributed by atoms with Crippen molar-refractivity contribution < 1.29 is 24.0 Å². The number of piperidine rings is 1. The predicted molar refractivity (Wildman–Crippen MR) is 102 cm³/mol. The number of anilines is 2. The summed E-state index contributed by atoms with van der Waals surface area (Å²) in [4.78, 5) is 36.4. The van der Waals surface area contributed by atoms with Crippen LogP contribution < -0.4 is 20.3 Å². The minimum absolute atomic E-state index is 0.0641. The minimum atomic E-state index is -0.568. The number of amides is 2. The SMILES string of the molecule is CC(C)(C)OC(=O)NC1CCN(c2cc3c(cc2[N+](=O)[O-])OCC(=O)N3)CC1. The van der Waals surface area contributed by atoms with Gasteiger partial charge in [0.15, 0.2) is 12.4 Å². The van der Waals surface area contributed by atoms with E-state index in [-0.39, 0.29) is 30.0 Å². The summed E-state index contributed by atoms with van der Waals surface area (Å²) >= 11 is 0. The number of benzene rings is 1. The zero-order valence-electron chi connectivity index (χ0n) is 16.1. The fraction of sp³-hybridized carbons (Fsp3) is 0.556. The first-order chi connectivity index (χ1) is 13.1. The van der Waals surface area contributed by atoms with E-state index in [1.165, 1.54) is 6.07 Å². The number of carbonyl (C=O) groups excluding carboxylic acids is 2. The zero-order valence-corrected chi connectivity index (χ0v) is 16.1. The summed E-state index contributed by atoms with van der Waals surface area (Å²) in [5.74, 6) is -0.0101. The Bertz CT molecular complexity index is 796. The lowest BCUT2D eigenvalue weighted by molar-refractivity contribution is -0.384. The standard InChI is InChI=1S/C18H24N4O6/c1-18(2,3)28-17(24)19-11-4-6-21(7-5-11)13-8-12-15(9-14(13)22(25)26)27-10-16(23)20-12/h8-9,11H,4-7,10H2,1-3H3,(H,19,24)(H,20,23). The molecule has 0 spiro atoms. The molecule has 0 saturated carbocycles. The molecule has 10 nitrogen and oxygen atoms in total. The molecule has 0 bridgehead atoms. The van der Waals surface area contributed by atoms with E-state index in [9.17, 15) is 19.7 Å². The van der Waals surface area contributed by atoms with Gasteiger partial charge in [-0.05, 0) is 39.7 Å². The van der Waals surface area contributed by atoms with Gasteiger partial charge in [-0.15, -0.1) is 0 Å². The number of hydrogen-bond donors (Lipinski definition) is 2. The Morgan fingerprint density at radius 2 is 2.04 bits per heavy atom. The van der Waals surface area contributed by atoms with Gasteiger partial charge in [0.05, 0.1) is 16.7 Å². The number of carbonyl (C=O) groups is 2. The molecule has 2 amide bonds. The van der Waals surface area contributed by atoms with Gasteiger partial charge in [-0.1, -0.05) is 0 Å². The molecule has 152 valence electrons. The molecule has 10 heteroatoms. The van der Waals surface area contributed by atoms with Crippen molar-refractivity contribution in [2.24, 2.45) is 0 Å². The van der Waals surface area contributed by atoms with Gasteiger partial charge in [-0.25, -0.2) is 4.79 Å². The molecule has 28 heavy (non-hydrogen) atoms. The summed E-state index contributed by atoms with van der Waals surface area (Å²) in [6.07, 6.45) is 0.776. The van der Waals surface area contributed by atoms with Crippen LogP contribution in [0.4, 0.5) is 21.9 Å². The highest BCUT2D eigenvalue weighted by Crippen LogP contribution is 2.40. The third-order valence-electron chi connectivity index (χ3n) is 4.46. The topological polar surface area (TPSA) is 123 Å². The Morgan fingerprint density at radius 3 is 2.64 bits per heavy atom. The Morgan fingerprint density at radius 1 is 1.36 bits per heavy atom. The van der Waals surface area contributed by atoms with E-state index in [0.29, 0.717) is 37.3 Å². The van der Waals surface area contributed by atoms with Crippen LogP contribution >= 0.6 is 0 Å². The van der Waals surface area contributed by atoms with E-state index in [2.05, 4.69) is 10.6 Å². The lowest BCUT2D eigenvalue weighted by Crippen LogP contribution is -2.46. The molecule has 1 fully saturated rings. The van der Waals surface area contributed by atoms with E-state index < -0.39 is 16.6 Å². The molecular weight excluding hydrogens is 368 g/mol. The summed E-state index contributed by atoms with van der Waals surface area (Å²) < 4.78 is 10.5. The number of ether oxygens (including phenoxy) is 2. The van der Waals surface area contributed by atoms with Gasteiger partial charge in [-0.2, -0.15) is 0 Å². The molecule has 1 aromatic rings. The molecule has 0 unspecified atom stereocenters. The quantitative estimate of drug-likeness (QED) is 0.598. The van der Waals surface area contributed by atoms with Crippen LogP contribution in [0.25, 0.3) is 0 Å². The smallest absolute Gasteiger partial charge is 0.407 e. The molecule has 3 rings (SSSR count). The van der Waals surface area contributed by atoms with Gasteiger partial charge < -0.3 is 25.0 Å². The van der Waals surface area contributed by atoms with Gasteiger partial charge in [0.2, 0.25) is 0 Å². The molecule has 1 aromatic carbocycles. The van der Waals surface area contributed by atoms with E-state index in [0.717, 1.165) is 0 Å². The van der Waals surface area contributed by atoms with Crippen molar-refractivity contribution in [3.05, 3.63) is 22.2 Å². The molecule has 0 aliphatic carbocycles. The summed E-state index contributed by atoms with van der Waals surface area (Å²) in [6, 6.07) is 2.85. The van der Waals surface area contributed by atoms with Crippen molar-refractivity contribution >= 4 is 29.1 Å². The third-order valence-corrected chi connectivity index (χ3v) is 4.46. The Hall–Kier alpha value is -3.04. The molecule has 0 atom stereocenters. The maximum Gasteiger partial charge on any atom is 0.407 e. The van der Waals surface area contributed by atoms with Crippen LogP contribution in [0.1, 0.15) is 33.6 Å². The Labute approximate surface area is 162 Å². The van der Waals surface area contributed by atoms with Crippen molar-refractivity contribution in [1.29, 1.82) is 0 Å². The largest absolute Gasteiger partial charge is 0.481 e. The van der Waals surface area contributed by atoms with Gasteiger partial charge in [-0.3, -0.25) is 14.9 Å². The van der Waals surface area contributed by atoms with Crippen LogP contribution in [-0.2, 0) is 9.53 Å². The second-order valence-corrected chi connectivity index (χ2v) is 7.84. The molecule has 2 aliphatic rings. The number of nitrogens with one attached hydrogen (secondary N) is 2.